The lowest BCUT2D eigenvalue weighted by atomic mass is 10.0. The number of carboxylic acid groups (broad SMARTS) is 1. The van der Waals surface area contributed by atoms with Crippen LogP contribution in [0.2, 0.25) is 0 Å². The fourth-order valence-electron chi connectivity index (χ4n) is 3.38. The molecule has 0 saturated carbocycles. The Morgan fingerprint density at radius 3 is 2.93 bits per heavy atom. The Bertz CT molecular complexity index is 807. The number of carboxylic acids is 1. The van der Waals surface area contributed by atoms with Crippen molar-refractivity contribution in [1.82, 2.24) is 20.2 Å². The summed E-state index contributed by atoms with van der Waals surface area (Å²) in [6.07, 6.45) is 6.83. The quantitative estimate of drug-likeness (QED) is 0.710. The largest absolute Gasteiger partial charge is 0.493 e. The van der Waals surface area contributed by atoms with E-state index in [1.165, 1.54) is 0 Å². The highest BCUT2D eigenvalue weighted by atomic mass is 16.5. The second-order valence-electron chi connectivity index (χ2n) is 7.28. The molecule has 1 aromatic carbocycles. The number of rotatable bonds is 5. The maximum absolute atomic E-state index is 12.4. The third kappa shape index (κ3) is 6.90. The SMILES string of the molecule is O=C(O)CCc1ccc2c(c1)CN(Cc1ncc[nH]1)CC(=O)NCCCCCO2. The summed E-state index contributed by atoms with van der Waals surface area (Å²) in [6.45, 7) is 2.54. The average molecular weight is 400 g/mol. The van der Waals surface area contributed by atoms with Crippen molar-refractivity contribution in [2.24, 2.45) is 0 Å². The standard InChI is InChI=1S/C21H28N4O4/c26-20-15-25(14-19-22-9-10-23-19)13-17-12-16(5-7-21(27)28)4-6-18(17)29-11-3-1-2-8-24-20/h4,6,9-10,12H,1-3,5,7-8,11,13-15H2,(H,22,23)(H,24,26)(H,27,28). The second kappa shape index (κ2) is 10.6. The van der Waals surface area contributed by atoms with E-state index in [4.69, 9.17) is 9.84 Å². The molecule has 0 saturated heterocycles. The minimum absolute atomic E-state index is 0.0136. The summed E-state index contributed by atoms with van der Waals surface area (Å²) in [7, 11) is 0. The molecule has 1 aliphatic rings. The van der Waals surface area contributed by atoms with Crippen molar-refractivity contribution in [3.8, 4) is 5.75 Å². The van der Waals surface area contributed by atoms with Crippen LogP contribution in [0.25, 0.3) is 0 Å². The zero-order valence-electron chi connectivity index (χ0n) is 16.5. The van der Waals surface area contributed by atoms with E-state index in [1.807, 2.05) is 23.1 Å². The zero-order valence-corrected chi connectivity index (χ0v) is 16.5. The van der Waals surface area contributed by atoms with Crippen molar-refractivity contribution in [2.75, 3.05) is 19.7 Å². The van der Waals surface area contributed by atoms with E-state index in [-0.39, 0.29) is 18.9 Å². The Balaban J connectivity index is 1.83. The predicted octanol–water partition coefficient (Wildman–Crippen LogP) is 2.11. The molecule has 0 atom stereocenters. The van der Waals surface area contributed by atoms with Crippen molar-refractivity contribution >= 4 is 11.9 Å². The number of hydrogen-bond acceptors (Lipinski definition) is 5. The molecule has 0 spiro atoms. The number of imidazole rings is 1. The van der Waals surface area contributed by atoms with Gasteiger partial charge in [0.1, 0.15) is 11.6 Å². The molecule has 2 aromatic rings. The smallest absolute Gasteiger partial charge is 0.303 e. The molecule has 0 fully saturated rings. The number of nitrogens with one attached hydrogen (secondary N) is 2. The van der Waals surface area contributed by atoms with Crippen molar-refractivity contribution in [3.63, 3.8) is 0 Å². The van der Waals surface area contributed by atoms with E-state index in [0.29, 0.717) is 32.7 Å². The molecule has 8 heteroatoms. The van der Waals surface area contributed by atoms with Crippen LogP contribution in [-0.2, 0) is 29.1 Å². The summed E-state index contributed by atoms with van der Waals surface area (Å²) in [4.78, 5) is 32.7. The molecule has 1 amide bonds. The number of aryl methyl sites for hydroxylation is 1. The van der Waals surface area contributed by atoms with Gasteiger partial charge in [-0.15, -0.1) is 0 Å². The first kappa shape index (κ1) is 20.9. The topological polar surface area (TPSA) is 108 Å². The molecule has 0 aliphatic carbocycles. The number of carbonyl (C=O) groups excluding carboxylic acids is 1. The Labute approximate surface area is 170 Å². The number of carbonyl (C=O) groups is 2. The van der Waals surface area contributed by atoms with Gasteiger partial charge in [0.05, 0.1) is 19.7 Å². The Kier molecular flexibility index (Phi) is 7.63. The summed E-state index contributed by atoms with van der Waals surface area (Å²) in [6, 6.07) is 5.83. The van der Waals surface area contributed by atoms with E-state index in [9.17, 15) is 9.59 Å². The monoisotopic (exact) mass is 400 g/mol. The Morgan fingerprint density at radius 1 is 1.24 bits per heavy atom. The van der Waals surface area contributed by atoms with Crippen LogP contribution in [0, 0.1) is 0 Å². The van der Waals surface area contributed by atoms with Crippen LogP contribution in [0.5, 0.6) is 5.75 Å². The van der Waals surface area contributed by atoms with Crippen molar-refractivity contribution in [3.05, 3.63) is 47.5 Å². The molecular formula is C21H28N4O4. The molecule has 0 radical (unpaired) electrons. The lowest BCUT2D eigenvalue weighted by Crippen LogP contribution is -2.37. The van der Waals surface area contributed by atoms with Gasteiger partial charge in [0.25, 0.3) is 0 Å². The molecule has 3 N–H and O–H groups in total. The molecule has 29 heavy (non-hydrogen) atoms. The summed E-state index contributed by atoms with van der Waals surface area (Å²) >= 11 is 0. The molecular weight excluding hydrogens is 372 g/mol. The molecule has 2 heterocycles. The zero-order chi connectivity index (χ0) is 20.5. The third-order valence-corrected chi connectivity index (χ3v) is 4.84. The first-order valence-electron chi connectivity index (χ1n) is 10.0. The van der Waals surface area contributed by atoms with Gasteiger partial charge in [-0.05, 0) is 37.3 Å². The minimum Gasteiger partial charge on any atom is -0.493 e. The number of nitrogens with zero attached hydrogens (tertiary/aromatic N) is 2. The third-order valence-electron chi connectivity index (χ3n) is 4.84. The predicted molar refractivity (Wildman–Crippen MR) is 107 cm³/mol. The van der Waals surface area contributed by atoms with Gasteiger partial charge in [-0.3, -0.25) is 14.5 Å². The Morgan fingerprint density at radius 2 is 2.14 bits per heavy atom. The molecule has 8 nitrogen and oxygen atoms in total. The van der Waals surface area contributed by atoms with Gasteiger partial charge in [0.15, 0.2) is 0 Å². The number of amides is 1. The van der Waals surface area contributed by atoms with Crippen LogP contribution < -0.4 is 10.1 Å². The molecule has 0 unspecified atom stereocenters. The lowest BCUT2D eigenvalue weighted by molar-refractivity contribution is -0.137. The highest BCUT2D eigenvalue weighted by Crippen LogP contribution is 2.24. The Hall–Kier alpha value is -2.87. The van der Waals surface area contributed by atoms with Crippen molar-refractivity contribution in [2.45, 2.75) is 45.2 Å². The normalized spacial score (nSPS) is 16.5. The van der Waals surface area contributed by atoms with Crippen LogP contribution in [0.15, 0.2) is 30.6 Å². The lowest BCUT2D eigenvalue weighted by Gasteiger charge is -2.22. The van der Waals surface area contributed by atoms with Gasteiger partial charge in [0.2, 0.25) is 5.91 Å². The van der Waals surface area contributed by atoms with Crippen LogP contribution >= 0.6 is 0 Å². The van der Waals surface area contributed by atoms with Gasteiger partial charge < -0.3 is 20.1 Å². The summed E-state index contributed by atoms with van der Waals surface area (Å²) < 4.78 is 6.02. The molecule has 3 rings (SSSR count). The first-order chi connectivity index (χ1) is 14.1. The first-order valence-corrected chi connectivity index (χ1v) is 10.0. The fraction of sp³-hybridized carbons (Fsp3) is 0.476. The van der Waals surface area contributed by atoms with Crippen LogP contribution in [0.3, 0.4) is 0 Å². The van der Waals surface area contributed by atoms with Crippen LogP contribution in [-0.4, -0.2) is 51.5 Å². The van der Waals surface area contributed by atoms with E-state index >= 15 is 0 Å². The van der Waals surface area contributed by atoms with Gasteiger partial charge in [-0.25, -0.2) is 4.98 Å². The number of hydrogen-bond donors (Lipinski definition) is 3. The summed E-state index contributed by atoms with van der Waals surface area (Å²) in [5.41, 5.74) is 1.90. The number of aliphatic carboxylic acids is 1. The molecule has 1 aromatic heterocycles. The molecule has 0 bridgehead atoms. The maximum Gasteiger partial charge on any atom is 0.303 e. The minimum atomic E-state index is -0.818. The van der Waals surface area contributed by atoms with E-state index in [2.05, 4.69) is 15.3 Å². The second-order valence-corrected chi connectivity index (χ2v) is 7.28. The maximum atomic E-state index is 12.4. The summed E-state index contributed by atoms with van der Waals surface area (Å²) in [5.74, 6) is 0.737. The van der Waals surface area contributed by atoms with Gasteiger partial charge in [-0.1, -0.05) is 12.1 Å². The highest BCUT2D eigenvalue weighted by molar-refractivity contribution is 5.78. The van der Waals surface area contributed by atoms with Crippen LogP contribution in [0.4, 0.5) is 0 Å². The number of benzene rings is 1. The summed E-state index contributed by atoms with van der Waals surface area (Å²) in [5, 5.41) is 12.0. The highest BCUT2D eigenvalue weighted by Gasteiger charge is 2.17. The van der Waals surface area contributed by atoms with Crippen LogP contribution in [0.1, 0.15) is 42.6 Å². The molecule has 1 aliphatic heterocycles. The fourth-order valence-corrected chi connectivity index (χ4v) is 3.38. The number of H-pyrrole nitrogens is 1. The number of fused-ring (bicyclic) bond motifs is 1. The number of aromatic amines is 1. The van der Waals surface area contributed by atoms with Gasteiger partial charge >= 0.3 is 5.97 Å². The van der Waals surface area contributed by atoms with E-state index in [0.717, 1.165) is 42.0 Å². The van der Waals surface area contributed by atoms with Gasteiger partial charge in [-0.2, -0.15) is 0 Å². The number of ether oxygens (including phenoxy) is 1. The number of aromatic nitrogens is 2. The van der Waals surface area contributed by atoms with Crippen molar-refractivity contribution < 1.29 is 19.4 Å². The molecule has 156 valence electrons. The average Bonchev–Trinajstić information content (AvgIpc) is 3.19. The van der Waals surface area contributed by atoms with Crippen molar-refractivity contribution in [1.29, 1.82) is 0 Å². The van der Waals surface area contributed by atoms with E-state index in [1.54, 1.807) is 12.4 Å². The van der Waals surface area contributed by atoms with Gasteiger partial charge in [0, 0.05) is 37.5 Å². The van der Waals surface area contributed by atoms with E-state index < -0.39 is 5.97 Å².